The molecule has 122 valence electrons. The van der Waals surface area contributed by atoms with E-state index in [0.717, 1.165) is 11.4 Å². The van der Waals surface area contributed by atoms with Crippen LogP contribution in [0.1, 0.15) is 43.6 Å². The monoisotopic (exact) mass is 350 g/mol. The van der Waals surface area contributed by atoms with Crippen LogP contribution >= 0.6 is 23.1 Å². The third kappa shape index (κ3) is 3.48. The molecule has 3 rings (SSSR count). The summed E-state index contributed by atoms with van der Waals surface area (Å²) < 4.78 is 1.64. The van der Waals surface area contributed by atoms with Crippen molar-refractivity contribution in [2.75, 3.05) is 11.1 Å². The van der Waals surface area contributed by atoms with Crippen molar-refractivity contribution in [1.29, 1.82) is 0 Å². The number of rotatable bonds is 4. The fraction of sp³-hybridized carbons (Fsp3) is 0.467. The Morgan fingerprint density at radius 2 is 2.26 bits per heavy atom. The van der Waals surface area contributed by atoms with Crippen molar-refractivity contribution in [2.24, 2.45) is 0 Å². The average molecular weight is 350 g/mol. The Morgan fingerprint density at radius 3 is 2.91 bits per heavy atom. The molecule has 0 aromatic carbocycles. The maximum atomic E-state index is 12.4. The number of aromatic nitrogens is 3. The van der Waals surface area contributed by atoms with E-state index in [1.54, 1.807) is 10.6 Å². The molecule has 0 radical (unpaired) electrons. The number of aryl methyl sites for hydroxylation is 1. The summed E-state index contributed by atoms with van der Waals surface area (Å²) in [6.45, 7) is 5.91. The third-order valence-electron chi connectivity index (χ3n) is 3.59. The summed E-state index contributed by atoms with van der Waals surface area (Å²) in [6, 6.07) is 1.42. The quantitative estimate of drug-likeness (QED) is 0.858. The lowest BCUT2D eigenvalue weighted by atomic mass is 10.1. The summed E-state index contributed by atoms with van der Waals surface area (Å²) in [5.74, 6) is 0.774. The van der Waals surface area contributed by atoms with Crippen LogP contribution in [0.2, 0.25) is 0 Å². The number of hydrogen-bond acceptors (Lipinski definition) is 6. The highest BCUT2D eigenvalue weighted by atomic mass is 32.2. The molecular formula is C15H18N4O2S2. The molecular weight excluding hydrogens is 332 g/mol. The van der Waals surface area contributed by atoms with Gasteiger partial charge in [0.25, 0.3) is 5.56 Å². The van der Waals surface area contributed by atoms with E-state index in [1.807, 2.05) is 26.2 Å². The van der Waals surface area contributed by atoms with Crippen molar-refractivity contribution in [2.45, 2.75) is 44.3 Å². The Labute approximate surface area is 142 Å². The largest absolute Gasteiger partial charge is 0.302 e. The Morgan fingerprint density at radius 1 is 1.48 bits per heavy atom. The summed E-state index contributed by atoms with van der Waals surface area (Å²) >= 11 is 2.93. The van der Waals surface area contributed by atoms with E-state index in [1.165, 1.54) is 23.1 Å². The number of anilines is 1. The molecule has 1 N–H and O–H groups in total. The van der Waals surface area contributed by atoms with Gasteiger partial charge in [0.1, 0.15) is 0 Å². The molecule has 3 heterocycles. The molecule has 0 saturated carbocycles. The van der Waals surface area contributed by atoms with Crippen molar-refractivity contribution < 1.29 is 4.79 Å². The van der Waals surface area contributed by atoms with Crippen molar-refractivity contribution >= 4 is 34.1 Å². The Balaban J connectivity index is 1.75. The van der Waals surface area contributed by atoms with Gasteiger partial charge in [0.15, 0.2) is 10.3 Å². The highest BCUT2D eigenvalue weighted by Gasteiger charge is 2.28. The highest BCUT2D eigenvalue weighted by Crippen LogP contribution is 2.33. The van der Waals surface area contributed by atoms with Crippen LogP contribution in [0.15, 0.2) is 21.4 Å². The van der Waals surface area contributed by atoms with Crippen LogP contribution in [0.5, 0.6) is 0 Å². The predicted molar refractivity (Wildman–Crippen MR) is 92.4 cm³/mol. The smallest absolute Gasteiger partial charge is 0.254 e. The van der Waals surface area contributed by atoms with Crippen molar-refractivity contribution in [3.05, 3.63) is 33.2 Å². The molecule has 0 saturated heterocycles. The number of amides is 1. The summed E-state index contributed by atoms with van der Waals surface area (Å²) in [4.78, 5) is 33.3. The van der Waals surface area contributed by atoms with E-state index in [9.17, 15) is 9.59 Å². The maximum absolute atomic E-state index is 12.4. The number of fused-ring (bicyclic) bond motifs is 1. The van der Waals surface area contributed by atoms with E-state index < -0.39 is 0 Å². The molecule has 0 spiro atoms. The van der Waals surface area contributed by atoms with Gasteiger partial charge in [-0.05, 0) is 12.8 Å². The fourth-order valence-corrected chi connectivity index (χ4v) is 4.27. The van der Waals surface area contributed by atoms with Gasteiger partial charge in [-0.1, -0.05) is 25.6 Å². The minimum atomic E-state index is -0.155. The van der Waals surface area contributed by atoms with E-state index in [4.69, 9.17) is 0 Å². The lowest BCUT2D eigenvalue weighted by Gasteiger charge is -2.13. The first-order valence-electron chi connectivity index (χ1n) is 7.42. The van der Waals surface area contributed by atoms with E-state index in [0.29, 0.717) is 16.0 Å². The van der Waals surface area contributed by atoms with Crippen LogP contribution in [-0.2, 0) is 4.79 Å². The Bertz CT molecular complexity index is 797. The molecule has 2 aromatic heterocycles. The van der Waals surface area contributed by atoms with Gasteiger partial charge in [-0.25, -0.2) is 9.97 Å². The molecule has 6 nitrogen and oxygen atoms in total. The van der Waals surface area contributed by atoms with Crippen LogP contribution in [0.3, 0.4) is 0 Å². The minimum Gasteiger partial charge on any atom is -0.302 e. The molecule has 2 aromatic rings. The first-order chi connectivity index (χ1) is 10.9. The van der Waals surface area contributed by atoms with Gasteiger partial charge < -0.3 is 5.32 Å². The number of carbonyl (C=O) groups is 1. The summed E-state index contributed by atoms with van der Waals surface area (Å²) in [7, 11) is 0. The zero-order chi connectivity index (χ0) is 16.6. The lowest BCUT2D eigenvalue weighted by molar-refractivity contribution is -0.116. The van der Waals surface area contributed by atoms with Gasteiger partial charge in [0.05, 0.1) is 17.4 Å². The van der Waals surface area contributed by atoms with E-state index in [-0.39, 0.29) is 29.8 Å². The zero-order valence-electron chi connectivity index (χ0n) is 13.2. The van der Waals surface area contributed by atoms with Crippen molar-refractivity contribution in [1.82, 2.24) is 14.5 Å². The van der Waals surface area contributed by atoms with Gasteiger partial charge in [0, 0.05) is 23.6 Å². The molecule has 1 aliphatic rings. The second-order valence-corrected chi connectivity index (χ2v) is 7.68. The van der Waals surface area contributed by atoms with Gasteiger partial charge in [-0.2, -0.15) is 0 Å². The highest BCUT2D eigenvalue weighted by molar-refractivity contribution is 7.99. The lowest BCUT2D eigenvalue weighted by Crippen LogP contribution is -2.28. The average Bonchev–Trinajstić information content (AvgIpc) is 3.05. The first kappa shape index (κ1) is 16.2. The zero-order valence-corrected chi connectivity index (χ0v) is 14.8. The van der Waals surface area contributed by atoms with Crippen molar-refractivity contribution in [3.63, 3.8) is 0 Å². The van der Waals surface area contributed by atoms with Gasteiger partial charge in [-0.3, -0.25) is 14.2 Å². The molecule has 0 fully saturated rings. The number of thioether (sulfide) groups is 1. The van der Waals surface area contributed by atoms with Gasteiger partial charge in [-0.15, -0.1) is 11.3 Å². The standard InChI is InChI=1S/C15H18N4O2S2/c1-8(2)11-5-13(21)19-10(7-23-15(19)17-11)4-12(20)18-14-16-9(3)6-22-14/h5-6,8,10H,4,7H2,1-3H3,(H,16,18,20). The molecule has 23 heavy (non-hydrogen) atoms. The van der Waals surface area contributed by atoms with Gasteiger partial charge >= 0.3 is 0 Å². The van der Waals surface area contributed by atoms with Crippen molar-refractivity contribution in [3.8, 4) is 0 Å². The maximum Gasteiger partial charge on any atom is 0.254 e. The SMILES string of the molecule is Cc1csc(NC(=O)CC2CSc3nc(C(C)C)cc(=O)n32)n1. The van der Waals surface area contributed by atoms with Crippen LogP contribution < -0.4 is 10.9 Å². The number of nitrogens with one attached hydrogen (secondary N) is 1. The predicted octanol–water partition coefficient (Wildman–Crippen LogP) is 2.81. The second-order valence-electron chi connectivity index (χ2n) is 5.84. The Hall–Kier alpha value is -1.67. The van der Waals surface area contributed by atoms with Gasteiger partial charge in [0.2, 0.25) is 5.91 Å². The minimum absolute atomic E-state index is 0.0772. The number of hydrogen-bond donors (Lipinski definition) is 1. The second kappa shape index (κ2) is 6.45. The molecule has 8 heteroatoms. The van der Waals surface area contributed by atoms with Crippen LogP contribution in [0.25, 0.3) is 0 Å². The molecule has 1 atom stereocenters. The van der Waals surface area contributed by atoms with E-state index >= 15 is 0 Å². The van der Waals surface area contributed by atoms with E-state index in [2.05, 4.69) is 15.3 Å². The van der Waals surface area contributed by atoms with Crippen LogP contribution in [0.4, 0.5) is 5.13 Å². The molecule has 1 unspecified atom stereocenters. The van der Waals surface area contributed by atoms with Crippen LogP contribution in [-0.4, -0.2) is 26.2 Å². The summed E-state index contributed by atoms with van der Waals surface area (Å²) in [5.41, 5.74) is 1.61. The molecule has 1 amide bonds. The number of nitrogens with zero attached hydrogens (tertiary/aromatic N) is 3. The Kier molecular flexibility index (Phi) is 4.54. The molecule has 1 aliphatic heterocycles. The normalized spacial score (nSPS) is 16.6. The number of carbonyl (C=O) groups excluding carboxylic acids is 1. The topological polar surface area (TPSA) is 76.9 Å². The molecule has 0 bridgehead atoms. The number of thiazole rings is 1. The molecule has 0 aliphatic carbocycles. The summed E-state index contributed by atoms with van der Waals surface area (Å²) in [6.07, 6.45) is 0.251. The van der Waals surface area contributed by atoms with Crippen LogP contribution in [0, 0.1) is 6.92 Å². The fourth-order valence-electron chi connectivity index (χ4n) is 2.41. The first-order valence-corrected chi connectivity index (χ1v) is 9.29. The third-order valence-corrected chi connectivity index (χ3v) is 5.56. The summed E-state index contributed by atoms with van der Waals surface area (Å²) in [5, 5.41) is 5.99.